The highest BCUT2D eigenvalue weighted by molar-refractivity contribution is 5.98. The fourth-order valence-corrected chi connectivity index (χ4v) is 3.08. The van der Waals surface area contributed by atoms with Crippen LogP contribution in [0.5, 0.6) is 0 Å². The zero-order valence-electron chi connectivity index (χ0n) is 11.8. The molecule has 1 saturated carbocycles. The predicted octanol–water partition coefficient (Wildman–Crippen LogP) is 4.85. The van der Waals surface area contributed by atoms with E-state index in [0.29, 0.717) is 18.4 Å². The fourth-order valence-electron chi connectivity index (χ4n) is 3.08. The second kappa shape index (κ2) is 5.58. The second-order valence-corrected chi connectivity index (χ2v) is 5.84. The zero-order chi connectivity index (χ0) is 14.9. The topological polar surface area (TPSA) is 17.1 Å². The van der Waals surface area contributed by atoms with Crippen LogP contribution in [0.3, 0.4) is 0 Å². The first-order valence-corrected chi connectivity index (χ1v) is 6.96. The third-order valence-electron chi connectivity index (χ3n) is 4.01. The van der Waals surface area contributed by atoms with Gasteiger partial charge in [-0.3, -0.25) is 4.79 Å². The summed E-state index contributed by atoms with van der Waals surface area (Å²) in [5.74, 6) is -1.95. The fraction of sp³-hybridized carbons (Fsp3) is 0.562. The molecular weight excluding hydrogens is 265 g/mol. The Hall–Kier alpha value is -1.32. The number of hydrogen-bond donors (Lipinski definition) is 0. The highest BCUT2D eigenvalue weighted by Crippen LogP contribution is 2.40. The van der Waals surface area contributed by atoms with Gasteiger partial charge in [0.15, 0.2) is 5.78 Å². The maximum Gasteiger partial charge on any atom is 0.391 e. The Morgan fingerprint density at radius 1 is 1.10 bits per heavy atom. The number of ketones is 1. The van der Waals surface area contributed by atoms with Crippen molar-refractivity contribution in [3.05, 3.63) is 34.9 Å². The van der Waals surface area contributed by atoms with Gasteiger partial charge in [-0.05, 0) is 45.2 Å². The molecule has 0 N–H and O–H groups in total. The molecule has 0 spiro atoms. The van der Waals surface area contributed by atoms with Crippen LogP contribution in [0.25, 0.3) is 0 Å². The maximum atomic E-state index is 12.8. The zero-order valence-corrected chi connectivity index (χ0v) is 11.8. The molecule has 1 aliphatic carbocycles. The average molecular weight is 284 g/mol. The summed E-state index contributed by atoms with van der Waals surface area (Å²) in [5.41, 5.74) is 2.49. The van der Waals surface area contributed by atoms with Crippen molar-refractivity contribution >= 4 is 5.78 Å². The van der Waals surface area contributed by atoms with Crippen LogP contribution in [-0.4, -0.2) is 12.0 Å². The molecule has 1 fully saturated rings. The molecule has 2 atom stereocenters. The van der Waals surface area contributed by atoms with Gasteiger partial charge >= 0.3 is 6.18 Å². The summed E-state index contributed by atoms with van der Waals surface area (Å²) in [6.45, 7) is 3.78. The van der Waals surface area contributed by atoms with Crippen molar-refractivity contribution in [3.8, 4) is 0 Å². The van der Waals surface area contributed by atoms with Crippen molar-refractivity contribution < 1.29 is 18.0 Å². The number of Topliss-reactive ketones (excluding diaryl/α,β-unsaturated/α-hetero) is 1. The first kappa shape index (κ1) is 15.1. The van der Waals surface area contributed by atoms with Gasteiger partial charge in [-0.1, -0.05) is 23.6 Å². The Balaban J connectivity index is 2.16. The summed E-state index contributed by atoms with van der Waals surface area (Å²) >= 11 is 0. The molecule has 20 heavy (non-hydrogen) atoms. The lowest BCUT2D eigenvalue weighted by atomic mass is 9.77. The van der Waals surface area contributed by atoms with E-state index in [1.807, 2.05) is 19.9 Å². The van der Waals surface area contributed by atoms with E-state index in [2.05, 4.69) is 0 Å². The molecule has 0 amide bonds. The van der Waals surface area contributed by atoms with E-state index in [4.69, 9.17) is 0 Å². The molecule has 0 radical (unpaired) electrons. The van der Waals surface area contributed by atoms with Gasteiger partial charge < -0.3 is 0 Å². The average Bonchev–Trinajstić information content (AvgIpc) is 2.36. The van der Waals surface area contributed by atoms with Crippen molar-refractivity contribution in [1.29, 1.82) is 0 Å². The van der Waals surface area contributed by atoms with Gasteiger partial charge in [0, 0.05) is 11.5 Å². The predicted molar refractivity (Wildman–Crippen MR) is 71.7 cm³/mol. The molecule has 1 aliphatic rings. The minimum Gasteiger partial charge on any atom is -0.294 e. The number of carbonyl (C=O) groups is 1. The molecule has 1 aromatic rings. The quantitative estimate of drug-likeness (QED) is 0.709. The lowest BCUT2D eigenvalue weighted by Gasteiger charge is -2.29. The third kappa shape index (κ3) is 3.41. The smallest absolute Gasteiger partial charge is 0.294 e. The van der Waals surface area contributed by atoms with E-state index < -0.39 is 18.0 Å². The van der Waals surface area contributed by atoms with Crippen molar-refractivity contribution in [2.75, 3.05) is 0 Å². The normalized spacial score (nSPS) is 23.6. The van der Waals surface area contributed by atoms with Crippen LogP contribution < -0.4 is 0 Å². The van der Waals surface area contributed by atoms with E-state index in [1.165, 1.54) is 0 Å². The van der Waals surface area contributed by atoms with Gasteiger partial charge in [0.25, 0.3) is 0 Å². The van der Waals surface area contributed by atoms with E-state index >= 15 is 0 Å². The van der Waals surface area contributed by atoms with Crippen LogP contribution >= 0.6 is 0 Å². The van der Waals surface area contributed by atoms with Crippen LogP contribution in [0.15, 0.2) is 18.2 Å². The summed E-state index contributed by atoms with van der Waals surface area (Å²) in [6.07, 6.45) is -3.04. The molecule has 2 unspecified atom stereocenters. The summed E-state index contributed by atoms with van der Waals surface area (Å²) in [5, 5.41) is 0. The van der Waals surface area contributed by atoms with Crippen molar-refractivity contribution in [2.45, 2.75) is 45.7 Å². The van der Waals surface area contributed by atoms with Crippen LogP contribution in [-0.2, 0) is 0 Å². The Bertz CT molecular complexity index is 485. The molecular formula is C16H19F3O. The van der Waals surface area contributed by atoms with E-state index in [0.717, 1.165) is 11.1 Å². The molecule has 1 aromatic carbocycles. The van der Waals surface area contributed by atoms with E-state index in [-0.39, 0.29) is 18.6 Å². The number of benzene rings is 1. The molecule has 0 saturated heterocycles. The molecule has 4 heteroatoms. The molecule has 1 nitrogen and oxygen atoms in total. The van der Waals surface area contributed by atoms with Gasteiger partial charge in [0.05, 0.1) is 5.92 Å². The number of alkyl halides is 3. The molecule has 0 heterocycles. The number of hydrogen-bond acceptors (Lipinski definition) is 1. The minimum absolute atomic E-state index is 0.0602. The van der Waals surface area contributed by atoms with E-state index in [9.17, 15) is 18.0 Å². The number of halogens is 3. The summed E-state index contributed by atoms with van der Waals surface area (Å²) in [6, 6.07) is 5.50. The highest BCUT2D eigenvalue weighted by atomic mass is 19.4. The van der Waals surface area contributed by atoms with Crippen molar-refractivity contribution in [1.82, 2.24) is 0 Å². The van der Waals surface area contributed by atoms with Crippen molar-refractivity contribution in [3.63, 3.8) is 0 Å². The number of aryl methyl sites for hydroxylation is 2. The van der Waals surface area contributed by atoms with E-state index in [1.54, 1.807) is 12.1 Å². The SMILES string of the molecule is Cc1cc(C)cc(C(=O)C2CCCC(C(F)(F)F)C2)c1. The largest absolute Gasteiger partial charge is 0.391 e. The van der Waals surface area contributed by atoms with Gasteiger partial charge in [0.1, 0.15) is 0 Å². The second-order valence-electron chi connectivity index (χ2n) is 5.84. The molecule has 0 aromatic heterocycles. The summed E-state index contributed by atoms with van der Waals surface area (Å²) < 4.78 is 38.4. The van der Waals surface area contributed by atoms with Crippen LogP contribution in [0, 0.1) is 25.7 Å². The van der Waals surface area contributed by atoms with Crippen LogP contribution in [0.2, 0.25) is 0 Å². The molecule has 0 aliphatic heterocycles. The Morgan fingerprint density at radius 3 is 2.25 bits per heavy atom. The van der Waals surface area contributed by atoms with Gasteiger partial charge in [-0.25, -0.2) is 0 Å². The first-order chi connectivity index (χ1) is 9.27. The maximum absolute atomic E-state index is 12.8. The summed E-state index contributed by atoms with van der Waals surface area (Å²) in [4.78, 5) is 12.4. The highest BCUT2D eigenvalue weighted by Gasteiger charge is 2.43. The minimum atomic E-state index is -4.18. The standard InChI is InChI=1S/C16H19F3O/c1-10-6-11(2)8-13(7-10)15(20)12-4-3-5-14(9-12)16(17,18)19/h6-8,12,14H,3-5,9H2,1-2H3. The summed E-state index contributed by atoms with van der Waals surface area (Å²) in [7, 11) is 0. The lowest BCUT2D eigenvalue weighted by Crippen LogP contribution is -2.31. The molecule has 0 bridgehead atoms. The number of rotatable bonds is 2. The van der Waals surface area contributed by atoms with Gasteiger partial charge in [-0.15, -0.1) is 0 Å². The molecule has 110 valence electrons. The Morgan fingerprint density at radius 2 is 1.70 bits per heavy atom. The van der Waals surface area contributed by atoms with Gasteiger partial charge in [-0.2, -0.15) is 13.2 Å². The van der Waals surface area contributed by atoms with Crippen LogP contribution in [0.4, 0.5) is 13.2 Å². The van der Waals surface area contributed by atoms with Crippen LogP contribution in [0.1, 0.15) is 47.2 Å². The lowest BCUT2D eigenvalue weighted by molar-refractivity contribution is -0.184. The van der Waals surface area contributed by atoms with Crippen molar-refractivity contribution in [2.24, 2.45) is 11.8 Å². The number of carbonyl (C=O) groups excluding carboxylic acids is 1. The third-order valence-corrected chi connectivity index (χ3v) is 4.01. The monoisotopic (exact) mass is 284 g/mol. The Kier molecular flexibility index (Phi) is 4.21. The Labute approximate surface area is 117 Å². The van der Waals surface area contributed by atoms with Gasteiger partial charge in [0.2, 0.25) is 0 Å². The molecule has 2 rings (SSSR count). The first-order valence-electron chi connectivity index (χ1n) is 6.96.